The minimum absolute atomic E-state index is 0.0112. The number of aryl methyl sites for hydroxylation is 1. The van der Waals surface area contributed by atoms with Gasteiger partial charge in [0, 0.05) is 22.9 Å². The number of nitrogens with zero attached hydrogens (tertiary/aromatic N) is 1. The summed E-state index contributed by atoms with van der Waals surface area (Å²) in [7, 11) is 0. The molecule has 2 aromatic carbocycles. The van der Waals surface area contributed by atoms with Crippen LogP contribution in [0, 0.1) is 17.1 Å². The first-order valence-corrected chi connectivity index (χ1v) is 7.56. The second-order valence-electron chi connectivity index (χ2n) is 5.29. The SMILES string of the molecule is CCc1oc2ccccc2c1/C=C(\C#N)C(=O)c1ccc(F)cc1. The molecule has 3 aromatic rings. The summed E-state index contributed by atoms with van der Waals surface area (Å²) in [6.07, 6.45) is 2.19. The van der Waals surface area contributed by atoms with Crippen molar-refractivity contribution in [1.82, 2.24) is 0 Å². The lowest BCUT2D eigenvalue weighted by atomic mass is 10.00. The maximum Gasteiger partial charge on any atom is 0.203 e. The van der Waals surface area contributed by atoms with E-state index in [0.717, 1.165) is 16.7 Å². The molecular weight excluding hydrogens is 305 g/mol. The maximum absolute atomic E-state index is 13.0. The van der Waals surface area contributed by atoms with Gasteiger partial charge in [-0.2, -0.15) is 5.26 Å². The highest BCUT2D eigenvalue weighted by molar-refractivity contribution is 6.14. The molecule has 3 rings (SSSR count). The van der Waals surface area contributed by atoms with Gasteiger partial charge in [0.1, 0.15) is 28.8 Å². The zero-order chi connectivity index (χ0) is 17.1. The predicted octanol–water partition coefficient (Wildman–Crippen LogP) is 4.92. The highest BCUT2D eigenvalue weighted by Gasteiger charge is 2.16. The van der Waals surface area contributed by atoms with Crippen molar-refractivity contribution >= 4 is 22.8 Å². The van der Waals surface area contributed by atoms with Crippen molar-refractivity contribution in [2.24, 2.45) is 0 Å². The molecular formula is C20H14FNO2. The lowest BCUT2D eigenvalue weighted by Crippen LogP contribution is -2.02. The molecule has 24 heavy (non-hydrogen) atoms. The van der Waals surface area contributed by atoms with Crippen LogP contribution in [-0.4, -0.2) is 5.78 Å². The fourth-order valence-electron chi connectivity index (χ4n) is 2.59. The molecule has 0 spiro atoms. The van der Waals surface area contributed by atoms with Crippen LogP contribution in [0.3, 0.4) is 0 Å². The molecule has 0 aliphatic carbocycles. The quantitative estimate of drug-likeness (QED) is 0.389. The van der Waals surface area contributed by atoms with Crippen LogP contribution in [0.2, 0.25) is 0 Å². The number of rotatable bonds is 4. The summed E-state index contributed by atoms with van der Waals surface area (Å²) in [6.45, 7) is 1.95. The Labute approximate surface area is 138 Å². The van der Waals surface area contributed by atoms with Gasteiger partial charge in [-0.3, -0.25) is 4.79 Å². The van der Waals surface area contributed by atoms with E-state index >= 15 is 0 Å². The monoisotopic (exact) mass is 319 g/mol. The number of hydrogen-bond donors (Lipinski definition) is 0. The smallest absolute Gasteiger partial charge is 0.203 e. The molecule has 0 radical (unpaired) electrons. The summed E-state index contributed by atoms with van der Waals surface area (Å²) in [6, 6.07) is 14.6. The summed E-state index contributed by atoms with van der Waals surface area (Å²) < 4.78 is 18.8. The first-order valence-electron chi connectivity index (χ1n) is 7.56. The summed E-state index contributed by atoms with van der Waals surface area (Å²) in [4.78, 5) is 12.5. The molecule has 0 unspecified atom stereocenters. The first kappa shape index (κ1) is 15.7. The van der Waals surface area contributed by atoms with Crippen molar-refractivity contribution in [1.29, 1.82) is 5.26 Å². The normalized spacial score (nSPS) is 11.5. The number of ketones is 1. The van der Waals surface area contributed by atoms with Crippen molar-refractivity contribution in [2.45, 2.75) is 13.3 Å². The summed E-state index contributed by atoms with van der Waals surface area (Å²) >= 11 is 0. The van der Waals surface area contributed by atoms with E-state index < -0.39 is 11.6 Å². The number of Topliss-reactive ketones (excluding diaryl/α,β-unsaturated/α-hetero) is 1. The third-order valence-electron chi connectivity index (χ3n) is 3.79. The van der Waals surface area contributed by atoms with Gasteiger partial charge in [-0.15, -0.1) is 0 Å². The van der Waals surface area contributed by atoms with E-state index in [1.54, 1.807) is 6.08 Å². The number of para-hydroxylation sites is 1. The molecule has 0 bridgehead atoms. The fraction of sp³-hybridized carbons (Fsp3) is 0.100. The summed E-state index contributed by atoms with van der Waals surface area (Å²) in [5.74, 6) is -0.149. The van der Waals surface area contributed by atoms with Crippen LogP contribution < -0.4 is 0 Å². The number of allylic oxidation sites excluding steroid dienone is 1. The van der Waals surface area contributed by atoms with E-state index in [-0.39, 0.29) is 11.1 Å². The molecule has 0 saturated carbocycles. The lowest BCUT2D eigenvalue weighted by molar-refractivity contribution is 0.104. The lowest BCUT2D eigenvalue weighted by Gasteiger charge is -2.00. The topological polar surface area (TPSA) is 54.0 Å². The minimum Gasteiger partial charge on any atom is -0.460 e. The molecule has 1 aromatic heterocycles. The van der Waals surface area contributed by atoms with E-state index in [0.29, 0.717) is 12.0 Å². The molecule has 0 aliphatic rings. The number of nitriles is 1. The van der Waals surface area contributed by atoms with Gasteiger partial charge in [0.15, 0.2) is 0 Å². The van der Waals surface area contributed by atoms with E-state index in [1.807, 2.05) is 37.3 Å². The molecule has 0 fully saturated rings. The van der Waals surface area contributed by atoms with Crippen LogP contribution in [0.4, 0.5) is 4.39 Å². The molecule has 0 aliphatic heterocycles. The number of hydrogen-bond acceptors (Lipinski definition) is 3. The van der Waals surface area contributed by atoms with Crippen molar-refractivity contribution < 1.29 is 13.6 Å². The summed E-state index contributed by atoms with van der Waals surface area (Å²) in [5, 5.41) is 10.3. The highest BCUT2D eigenvalue weighted by atomic mass is 19.1. The Morgan fingerprint density at radius 3 is 2.58 bits per heavy atom. The average Bonchev–Trinajstić information content (AvgIpc) is 2.97. The van der Waals surface area contributed by atoms with Crippen molar-refractivity contribution in [2.75, 3.05) is 0 Å². The van der Waals surface area contributed by atoms with Crippen molar-refractivity contribution in [3.05, 3.63) is 76.8 Å². The van der Waals surface area contributed by atoms with E-state index in [4.69, 9.17) is 4.42 Å². The zero-order valence-electron chi connectivity index (χ0n) is 13.0. The van der Waals surface area contributed by atoms with Crippen LogP contribution in [0.25, 0.3) is 17.0 Å². The third kappa shape index (κ3) is 2.84. The summed E-state index contributed by atoms with van der Waals surface area (Å²) in [5.41, 5.74) is 1.71. The average molecular weight is 319 g/mol. The van der Waals surface area contributed by atoms with E-state index in [2.05, 4.69) is 0 Å². The number of furan rings is 1. The third-order valence-corrected chi connectivity index (χ3v) is 3.79. The minimum atomic E-state index is -0.440. The molecule has 3 nitrogen and oxygen atoms in total. The van der Waals surface area contributed by atoms with Gasteiger partial charge in [-0.1, -0.05) is 25.1 Å². The Bertz CT molecular complexity index is 975. The molecule has 1 heterocycles. The Morgan fingerprint density at radius 2 is 1.92 bits per heavy atom. The predicted molar refractivity (Wildman–Crippen MR) is 89.9 cm³/mol. The molecule has 0 saturated heterocycles. The Kier molecular flexibility index (Phi) is 4.26. The Morgan fingerprint density at radius 1 is 1.21 bits per heavy atom. The van der Waals surface area contributed by atoms with Crippen LogP contribution in [-0.2, 0) is 6.42 Å². The Hall–Kier alpha value is -3.19. The first-order chi connectivity index (χ1) is 11.6. The van der Waals surface area contributed by atoms with Gasteiger partial charge >= 0.3 is 0 Å². The maximum atomic E-state index is 13.0. The fourth-order valence-corrected chi connectivity index (χ4v) is 2.59. The van der Waals surface area contributed by atoms with Crippen LogP contribution in [0.5, 0.6) is 0 Å². The molecule has 4 heteroatoms. The standard InChI is InChI=1S/C20H14FNO2/c1-2-18-17(16-5-3-4-6-19(16)24-18)11-14(12-22)20(23)13-7-9-15(21)10-8-13/h3-11H,2H2,1H3/b14-11+. The molecule has 0 N–H and O–H groups in total. The van der Waals surface area contributed by atoms with Gasteiger partial charge in [-0.05, 0) is 36.4 Å². The van der Waals surface area contributed by atoms with Gasteiger partial charge in [0.25, 0.3) is 0 Å². The van der Waals surface area contributed by atoms with Gasteiger partial charge < -0.3 is 4.42 Å². The van der Waals surface area contributed by atoms with E-state index in [1.165, 1.54) is 24.3 Å². The Balaban J connectivity index is 2.10. The van der Waals surface area contributed by atoms with Crippen molar-refractivity contribution in [3.63, 3.8) is 0 Å². The molecule has 0 atom stereocenters. The zero-order valence-corrected chi connectivity index (χ0v) is 13.0. The van der Waals surface area contributed by atoms with Gasteiger partial charge in [-0.25, -0.2) is 4.39 Å². The van der Waals surface area contributed by atoms with Crippen LogP contribution in [0.1, 0.15) is 28.6 Å². The van der Waals surface area contributed by atoms with Crippen LogP contribution in [0.15, 0.2) is 58.5 Å². The van der Waals surface area contributed by atoms with Crippen molar-refractivity contribution in [3.8, 4) is 6.07 Å². The number of benzene rings is 2. The second-order valence-corrected chi connectivity index (χ2v) is 5.29. The molecule has 0 amide bonds. The highest BCUT2D eigenvalue weighted by Crippen LogP contribution is 2.28. The molecule has 118 valence electrons. The number of carbonyl (C=O) groups is 1. The number of carbonyl (C=O) groups excluding carboxylic acids is 1. The number of halogens is 1. The largest absolute Gasteiger partial charge is 0.460 e. The van der Waals surface area contributed by atoms with Gasteiger partial charge in [0.05, 0.1) is 0 Å². The number of fused-ring (bicyclic) bond motifs is 1. The van der Waals surface area contributed by atoms with Crippen LogP contribution >= 0.6 is 0 Å². The van der Waals surface area contributed by atoms with Gasteiger partial charge in [0.2, 0.25) is 5.78 Å². The van der Waals surface area contributed by atoms with E-state index in [9.17, 15) is 14.4 Å². The second kappa shape index (κ2) is 6.51.